The molecule has 0 N–H and O–H groups in total. The summed E-state index contributed by atoms with van der Waals surface area (Å²) in [7, 11) is 0. The predicted molar refractivity (Wildman–Crippen MR) is 119 cm³/mol. The van der Waals surface area contributed by atoms with Crippen LogP contribution < -0.4 is 0 Å². The maximum absolute atomic E-state index is 12.3. The van der Waals surface area contributed by atoms with Crippen LogP contribution in [0.4, 0.5) is 0 Å². The second kappa shape index (κ2) is 17.6. The van der Waals surface area contributed by atoms with Crippen molar-refractivity contribution >= 4 is 5.97 Å². The standard InChI is InChI=1S/C25H50O2/c1-6-8-10-12-14-16-18-20-22-23(27-24(26)25(3,4)5)21-19-17-15-13-11-9-7-2/h23H,6-22H2,1-5H3. The van der Waals surface area contributed by atoms with E-state index in [0.29, 0.717) is 0 Å². The first-order valence-electron chi connectivity index (χ1n) is 12.1. The van der Waals surface area contributed by atoms with Crippen LogP contribution in [0.25, 0.3) is 0 Å². The number of hydrogen-bond donors (Lipinski definition) is 0. The number of unbranched alkanes of at least 4 members (excludes halogenated alkanes) is 13. The Morgan fingerprint density at radius 1 is 0.630 bits per heavy atom. The zero-order valence-electron chi connectivity index (χ0n) is 19.4. The topological polar surface area (TPSA) is 26.3 Å². The Morgan fingerprint density at radius 3 is 1.30 bits per heavy atom. The number of hydrogen-bond acceptors (Lipinski definition) is 2. The first kappa shape index (κ1) is 26.5. The lowest BCUT2D eigenvalue weighted by Crippen LogP contribution is -2.28. The van der Waals surface area contributed by atoms with E-state index in [1.165, 1.54) is 96.3 Å². The van der Waals surface area contributed by atoms with E-state index < -0.39 is 5.41 Å². The largest absolute Gasteiger partial charge is 0.462 e. The molecule has 0 aromatic carbocycles. The summed E-state index contributed by atoms with van der Waals surface area (Å²) >= 11 is 0. The van der Waals surface area contributed by atoms with E-state index in [9.17, 15) is 4.79 Å². The summed E-state index contributed by atoms with van der Waals surface area (Å²) in [5.41, 5.74) is -0.391. The van der Waals surface area contributed by atoms with E-state index in [4.69, 9.17) is 4.74 Å². The molecule has 0 aliphatic carbocycles. The van der Waals surface area contributed by atoms with Crippen LogP contribution in [-0.2, 0) is 9.53 Å². The number of carbonyl (C=O) groups excluding carboxylic acids is 1. The molecule has 0 aromatic rings. The normalized spacial score (nSPS) is 12.9. The van der Waals surface area contributed by atoms with Crippen molar-refractivity contribution in [2.24, 2.45) is 5.41 Å². The molecule has 0 bridgehead atoms. The number of esters is 1. The molecule has 0 saturated carbocycles. The van der Waals surface area contributed by atoms with Gasteiger partial charge in [-0.25, -0.2) is 0 Å². The van der Waals surface area contributed by atoms with Crippen molar-refractivity contribution in [3.63, 3.8) is 0 Å². The molecule has 2 heteroatoms. The minimum absolute atomic E-state index is 0.0324. The Bertz CT molecular complexity index is 330. The van der Waals surface area contributed by atoms with Crippen molar-refractivity contribution in [1.82, 2.24) is 0 Å². The van der Waals surface area contributed by atoms with Gasteiger partial charge in [-0.05, 0) is 46.5 Å². The minimum Gasteiger partial charge on any atom is -0.462 e. The van der Waals surface area contributed by atoms with Gasteiger partial charge in [0.15, 0.2) is 0 Å². The fourth-order valence-electron chi connectivity index (χ4n) is 3.43. The van der Waals surface area contributed by atoms with Gasteiger partial charge in [0.1, 0.15) is 6.10 Å². The summed E-state index contributed by atoms with van der Waals surface area (Å²) in [5.74, 6) is -0.0324. The van der Waals surface area contributed by atoms with E-state index in [0.717, 1.165) is 12.8 Å². The highest BCUT2D eigenvalue weighted by Gasteiger charge is 2.26. The van der Waals surface area contributed by atoms with Gasteiger partial charge in [-0.3, -0.25) is 4.79 Å². The second-order valence-electron chi connectivity index (χ2n) is 9.45. The zero-order chi connectivity index (χ0) is 20.4. The third-order valence-corrected chi connectivity index (χ3v) is 5.40. The van der Waals surface area contributed by atoms with Crippen LogP contribution in [0.1, 0.15) is 144 Å². The van der Waals surface area contributed by atoms with Gasteiger partial charge in [0.05, 0.1) is 5.41 Å². The van der Waals surface area contributed by atoms with Gasteiger partial charge < -0.3 is 4.74 Å². The summed E-state index contributed by atoms with van der Waals surface area (Å²) in [4.78, 5) is 12.3. The van der Waals surface area contributed by atoms with Gasteiger partial charge in [0.2, 0.25) is 0 Å². The van der Waals surface area contributed by atoms with Gasteiger partial charge in [0.25, 0.3) is 0 Å². The lowest BCUT2D eigenvalue weighted by Gasteiger charge is -2.23. The fraction of sp³-hybridized carbons (Fsp3) is 0.960. The van der Waals surface area contributed by atoms with Crippen molar-refractivity contribution in [3.05, 3.63) is 0 Å². The van der Waals surface area contributed by atoms with Crippen LogP contribution >= 0.6 is 0 Å². The average Bonchev–Trinajstić information content (AvgIpc) is 2.61. The third-order valence-electron chi connectivity index (χ3n) is 5.40. The molecular weight excluding hydrogens is 332 g/mol. The fourth-order valence-corrected chi connectivity index (χ4v) is 3.43. The van der Waals surface area contributed by atoms with Crippen LogP contribution in [0.5, 0.6) is 0 Å². The van der Waals surface area contributed by atoms with E-state index in [1.54, 1.807) is 0 Å². The van der Waals surface area contributed by atoms with Crippen LogP contribution in [-0.4, -0.2) is 12.1 Å². The van der Waals surface area contributed by atoms with Crippen LogP contribution in [0.3, 0.4) is 0 Å². The molecular formula is C25H50O2. The quantitative estimate of drug-likeness (QED) is 0.175. The summed E-state index contributed by atoms with van der Waals surface area (Å²) in [6.45, 7) is 10.4. The van der Waals surface area contributed by atoms with Crippen molar-refractivity contribution < 1.29 is 9.53 Å². The van der Waals surface area contributed by atoms with Crippen molar-refractivity contribution in [3.8, 4) is 0 Å². The minimum atomic E-state index is -0.391. The Labute approximate surface area is 171 Å². The molecule has 0 spiro atoms. The van der Waals surface area contributed by atoms with Gasteiger partial charge >= 0.3 is 5.97 Å². The Kier molecular flexibility index (Phi) is 17.2. The molecule has 162 valence electrons. The summed E-state index contributed by atoms with van der Waals surface area (Å²) in [6, 6.07) is 0. The molecule has 0 fully saturated rings. The lowest BCUT2D eigenvalue weighted by atomic mass is 9.96. The number of ether oxygens (including phenoxy) is 1. The predicted octanol–water partition coefficient (Wildman–Crippen LogP) is 8.62. The molecule has 27 heavy (non-hydrogen) atoms. The zero-order valence-corrected chi connectivity index (χ0v) is 19.4. The second-order valence-corrected chi connectivity index (χ2v) is 9.45. The van der Waals surface area contributed by atoms with Crippen LogP contribution in [0, 0.1) is 5.41 Å². The molecule has 0 aliphatic rings. The van der Waals surface area contributed by atoms with E-state index in [-0.39, 0.29) is 12.1 Å². The molecule has 0 radical (unpaired) electrons. The van der Waals surface area contributed by atoms with Gasteiger partial charge in [-0.15, -0.1) is 0 Å². The molecule has 0 amide bonds. The lowest BCUT2D eigenvalue weighted by molar-refractivity contribution is -0.159. The Hall–Kier alpha value is -0.530. The molecule has 0 rings (SSSR count). The van der Waals surface area contributed by atoms with Crippen LogP contribution in [0.15, 0.2) is 0 Å². The summed E-state index contributed by atoms with van der Waals surface area (Å²) in [5, 5.41) is 0. The summed E-state index contributed by atoms with van der Waals surface area (Å²) in [6.07, 6.45) is 22.1. The molecule has 1 unspecified atom stereocenters. The van der Waals surface area contributed by atoms with Crippen molar-refractivity contribution in [1.29, 1.82) is 0 Å². The third kappa shape index (κ3) is 17.3. The summed E-state index contributed by atoms with van der Waals surface area (Å²) < 4.78 is 5.88. The molecule has 1 atom stereocenters. The van der Waals surface area contributed by atoms with Gasteiger partial charge in [0, 0.05) is 0 Å². The average molecular weight is 383 g/mol. The monoisotopic (exact) mass is 382 g/mol. The Balaban J connectivity index is 4.01. The molecule has 0 aliphatic heterocycles. The maximum atomic E-state index is 12.3. The smallest absolute Gasteiger partial charge is 0.311 e. The van der Waals surface area contributed by atoms with Crippen molar-refractivity contribution in [2.45, 2.75) is 150 Å². The highest BCUT2D eigenvalue weighted by molar-refractivity contribution is 5.75. The van der Waals surface area contributed by atoms with E-state index in [1.807, 2.05) is 20.8 Å². The number of rotatable bonds is 18. The van der Waals surface area contributed by atoms with E-state index >= 15 is 0 Å². The number of carbonyl (C=O) groups is 1. The van der Waals surface area contributed by atoms with Crippen molar-refractivity contribution in [2.75, 3.05) is 0 Å². The highest BCUT2D eigenvalue weighted by atomic mass is 16.5. The maximum Gasteiger partial charge on any atom is 0.311 e. The molecule has 0 saturated heterocycles. The van der Waals surface area contributed by atoms with Crippen LogP contribution in [0.2, 0.25) is 0 Å². The first-order chi connectivity index (χ1) is 12.9. The highest BCUT2D eigenvalue weighted by Crippen LogP contribution is 2.22. The van der Waals surface area contributed by atoms with Gasteiger partial charge in [-0.2, -0.15) is 0 Å². The SMILES string of the molecule is CCCCCCCCCCC(CCCCCCCCC)OC(=O)C(C)(C)C. The first-order valence-corrected chi connectivity index (χ1v) is 12.1. The molecule has 2 nitrogen and oxygen atoms in total. The molecule has 0 heterocycles. The van der Waals surface area contributed by atoms with E-state index in [2.05, 4.69) is 13.8 Å². The Morgan fingerprint density at radius 2 is 0.963 bits per heavy atom. The van der Waals surface area contributed by atoms with Gasteiger partial charge in [-0.1, -0.05) is 97.3 Å². The molecule has 0 aromatic heterocycles.